The third-order valence-corrected chi connectivity index (χ3v) is 4.94. The van der Waals surface area contributed by atoms with Gasteiger partial charge in [-0.05, 0) is 49.4 Å². The van der Waals surface area contributed by atoms with Crippen LogP contribution in [0.15, 0.2) is 65.6 Å². The van der Waals surface area contributed by atoms with Crippen LogP contribution in [0.4, 0.5) is 17.1 Å². The maximum absolute atomic E-state index is 13.4. The molecule has 0 atom stereocenters. The SMILES string of the molecule is COc1ccc(N2C(=O)CN(C)c3ccn(-c4ccc(C)cc4)c(=O)c32)cc1. The lowest BCUT2D eigenvalue weighted by Crippen LogP contribution is -2.45. The number of carbonyl (C=O) groups excluding carboxylic acids is 1. The summed E-state index contributed by atoms with van der Waals surface area (Å²) < 4.78 is 6.77. The molecular weight excluding hydrogens is 354 g/mol. The van der Waals surface area contributed by atoms with E-state index in [9.17, 15) is 9.59 Å². The average Bonchev–Trinajstić information content (AvgIpc) is 2.70. The second-order valence-electron chi connectivity index (χ2n) is 6.84. The van der Waals surface area contributed by atoms with Crippen molar-refractivity contribution in [2.24, 2.45) is 0 Å². The van der Waals surface area contributed by atoms with Gasteiger partial charge >= 0.3 is 0 Å². The van der Waals surface area contributed by atoms with Crippen molar-refractivity contribution in [3.8, 4) is 11.4 Å². The lowest BCUT2D eigenvalue weighted by Gasteiger charge is -2.35. The standard InChI is InChI=1S/C22H21N3O3/c1-15-4-6-16(7-5-15)24-13-12-19-21(22(24)27)25(20(26)14-23(19)2)17-8-10-18(28-3)11-9-17/h4-13H,14H2,1-3H3. The van der Waals surface area contributed by atoms with Crippen LogP contribution in [-0.4, -0.2) is 31.2 Å². The lowest BCUT2D eigenvalue weighted by atomic mass is 10.1. The van der Waals surface area contributed by atoms with Crippen LogP contribution in [0.25, 0.3) is 5.69 Å². The molecule has 0 fully saturated rings. The number of benzene rings is 2. The van der Waals surface area contributed by atoms with Gasteiger partial charge in [0.05, 0.1) is 19.3 Å². The zero-order chi connectivity index (χ0) is 19.8. The molecule has 142 valence electrons. The number of rotatable bonds is 3. The maximum atomic E-state index is 13.4. The number of likely N-dealkylation sites (N-methyl/N-ethyl adjacent to an activating group) is 1. The first-order chi connectivity index (χ1) is 13.5. The van der Waals surface area contributed by atoms with E-state index in [1.807, 2.05) is 44.3 Å². The monoisotopic (exact) mass is 375 g/mol. The molecule has 1 aliphatic heterocycles. The van der Waals surface area contributed by atoms with Gasteiger partial charge in [-0.1, -0.05) is 17.7 Å². The van der Waals surface area contributed by atoms with Crippen molar-refractivity contribution < 1.29 is 9.53 Å². The summed E-state index contributed by atoms with van der Waals surface area (Å²) >= 11 is 0. The molecule has 0 saturated heterocycles. The number of nitrogens with zero attached hydrogens (tertiary/aromatic N) is 3. The quantitative estimate of drug-likeness (QED) is 0.705. The highest BCUT2D eigenvalue weighted by atomic mass is 16.5. The zero-order valence-corrected chi connectivity index (χ0v) is 16.0. The molecule has 0 aliphatic carbocycles. The number of methoxy groups -OCH3 is 1. The Morgan fingerprint density at radius 3 is 2.18 bits per heavy atom. The molecule has 6 nitrogen and oxygen atoms in total. The third-order valence-electron chi connectivity index (χ3n) is 4.94. The second-order valence-corrected chi connectivity index (χ2v) is 6.84. The molecule has 3 aromatic rings. The number of amides is 1. The minimum absolute atomic E-state index is 0.154. The van der Waals surface area contributed by atoms with Crippen LogP contribution in [0.3, 0.4) is 0 Å². The molecule has 0 unspecified atom stereocenters. The van der Waals surface area contributed by atoms with Gasteiger partial charge in [0.15, 0.2) is 0 Å². The molecule has 1 aromatic heterocycles. The highest BCUT2D eigenvalue weighted by molar-refractivity contribution is 6.08. The third kappa shape index (κ3) is 2.93. The molecule has 4 rings (SSSR count). The van der Waals surface area contributed by atoms with Crippen LogP contribution in [0, 0.1) is 6.92 Å². The summed E-state index contributed by atoms with van der Waals surface area (Å²) in [6, 6.07) is 16.7. The molecule has 1 amide bonds. The van der Waals surface area contributed by atoms with Crippen LogP contribution in [0.5, 0.6) is 5.75 Å². The summed E-state index contributed by atoms with van der Waals surface area (Å²) in [4.78, 5) is 29.6. The van der Waals surface area contributed by atoms with Crippen molar-refractivity contribution in [3.05, 3.63) is 76.7 Å². The largest absolute Gasteiger partial charge is 0.497 e. The number of aromatic nitrogens is 1. The van der Waals surface area contributed by atoms with Crippen molar-refractivity contribution >= 4 is 23.0 Å². The van der Waals surface area contributed by atoms with Gasteiger partial charge in [-0.15, -0.1) is 0 Å². The summed E-state index contributed by atoms with van der Waals surface area (Å²) in [5.74, 6) is 0.537. The van der Waals surface area contributed by atoms with E-state index >= 15 is 0 Å². The van der Waals surface area contributed by atoms with Crippen molar-refractivity contribution in [1.29, 1.82) is 0 Å². The first-order valence-electron chi connectivity index (χ1n) is 9.00. The van der Waals surface area contributed by atoms with E-state index in [0.717, 1.165) is 16.9 Å². The molecule has 0 N–H and O–H groups in total. The van der Waals surface area contributed by atoms with Gasteiger partial charge < -0.3 is 9.64 Å². The number of hydrogen-bond donors (Lipinski definition) is 0. The fourth-order valence-corrected chi connectivity index (χ4v) is 3.43. The smallest absolute Gasteiger partial charge is 0.281 e. The summed E-state index contributed by atoms with van der Waals surface area (Å²) in [6.45, 7) is 2.20. The minimum atomic E-state index is -0.239. The number of ether oxygens (including phenoxy) is 1. The molecule has 6 heteroatoms. The zero-order valence-electron chi connectivity index (χ0n) is 16.0. The Hall–Kier alpha value is -3.54. The van der Waals surface area contributed by atoms with Crippen molar-refractivity contribution in [2.75, 3.05) is 30.5 Å². The van der Waals surface area contributed by atoms with Crippen LogP contribution >= 0.6 is 0 Å². The highest BCUT2D eigenvalue weighted by Crippen LogP contribution is 2.35. The fourth-order valence-electron chi connectivity index (χ4n) is 3.43. The molecule has 2 heterocycles. The number of anilines is 3. The van der Waals surface area contributed by atoms with Gasteiger partial charge in [0.25, 0.3) is 11.5 Å². The molecular formula is C22H21N3O3. The number of aryl methyl sites for hydroxylation is 1. The summed E-state index contributed by atoms with van der Waals surface area (Å²) in [6.07, 6.45) is 1.75. The van der Waals surface area contributed by atoms with E-state index in [4.69, 9.17) is 4.74 Å². The van der Waals surface area contributed by atoms with Crippen LogP contribution in [0.2, 0.25) is 0 Å². The van der Waals surface area contributed by atoms with Gasteiger partial charge in [-0.3, -0.25) is 19.1 Å². The van der Waals surface area contributed by atoms with Crippen molar-refractivity contribution in [1.82, 2.24) is 4.57 Å². The average molecular weight is 375 g/mol. The molecule has 0 bridgehead atoms. The van der Waals surface area contributed by atoms with Gasteiger partial charge in [-0.2, -0.15) is 0 Å². The van der Waals surface area contributed by atoms with Crippen LogP contribution in [0.1, 0.15) is 5.56 Å². The summed E-state index contributed by atoms with van der Waals surface area (Å²) in [5.41, 5.74) is 3.35. The van der Waals surface area contributed by atoms with Crippen molar-refractivity contribution in [3.63, 3.8) is 0 Å². The predicted octanol–water partition coefficient (Wildman–Crippen LogP) is 3.27. The van der Waals surface area contributed by atoms with Gasteiger partial charge in [-0.25, -0.2) is 0 Å². The highest BCUT2D eigenvalue weighted by Gasteiger charge is 2.32. The Labute approximate surface area is 163 Å². The molecule has 2 aromatic carbocycles. The number of pyridine rings is 1. The fraction of sp³-hybridized carbons (Fsp3) is 0.182. The van der Waals surface area contributed by atoms with Gasteiger partial charge in [0.1, 0.15) is 11.4 Å². The molecule has 0 radical (unpaired) electrons. The van der Waals surface area contributed by atoms with Gasteiger partial charge in [0.2, 0.25) is 0 Å². The van der Waals surface area contributed by atoms with E-state index in [1.54, 1.807) is 47.0 Å². The number of carbonyl (C=O) groups is 1. The maximum Gasteiger partial charge on any atom is 0.281 e. The van der Waals surface area contributed by atoms with Crippen LogP contribution in [-0.2, 0) is 4.79 Å². The topological polar surface area (TPSA) is 54.8 Å². The van der Waals surface area contributed by atoms with E-state index in [1.165, 1.54) is 4.90 Å². The number of fused-ring (bicyclic) bond motifs is 1. The molecule has 1 aliphatic rings. The molecule has 0 saturated carbocycles. The van der Waals surface area contributed by atoms with E-state index in [2.05, 4.69) is 0 Å². The van der Waals surface area contributed by atoms with Crippen LogP contribution < -0.4 is 20.1 Å². The van der Waals surface area contributed by atoms with Crippen molar-refractivity contribution in [2.45, 2.75) is 6.92 Å². The van der Waals surface area contributed by atoms with E-state index in [-0.39, 0.29) is 18.0 Å². The molecule has 28 heavy (non-hydrogen) atoms. The Morgan fingerprint density at radius 2 is 1.54 bits per heavy atom. The van der Waals surface area contributed by atoms with Gasteiger partial charge in [0, 0.05) is 24.6 Å². The Morgan fingerprint density at radius 1 is 0.893 bits per heavy atom. The van der Waals surface area contributed by atoms with E-state index < -0.39 is 0 Å². The minimum Gasteiger partial charge on any atom is -0.497 e. The molecule has 0 spiro atoms. The lowest BCUT2D eigenvalue weighted by molar-refractivity contribution is -0.116. The Bertz CT molecular complexity index is 1090. The number of hydrogen-bond acceptors (Lipinski definition) is 4. The normalized spacial score (nSPS) is 13.5. The summed E-state index contributed by atoms with van der Waals surface area (Å²) in [5, 5.41) is 0. The first kappa shape index (κ1) is 17.9. The Kier molecular flexibility index (Phi) is 4.39. The Balaban J connectivity index is 1.90. The predicted molar refractivity (Wildman–Crippen MR) is 110 cm³/mol. The first-order valence-corrected chi connectivity index (χ1v) is 9.00. The summed E-state index contributed by atoms with van der Waals surface area (Å²) in [7, 11) is 3.41. The second kappa shape index (κ2) is 6.88. The van der Waals surface area contributed by atoms with E-state index in [0.29, 0.717) is 17.1 Å².